The number of carboxylic acids is 2. The number of hydrogen-bond donors (Lipinski definition) is 5. The lowest BCUT2D eigenvalue weighted by Gasteiger charge is -2.38. The van der Waals surface area contributed by atoms with Gasteiger partial charge in [0.25, 0.3) is 0 Å². The Bertz CT molecular complexity index is 624. The van der Waals surface area contributed by atoms with E-state index in [1.807, 2.05) is 0 Å². The van der Waals surface area contributed by atoms with E-state index < -0.39 is 42.5 Å². The van der Waals surface area contributed by atoms with Gasteiger partial charge in [-0.1, -0.05) is 0 Å². The summed E-state index contributed by atoms with van der Waals surface area (Å²) in [5.74, 6) is -3.10. The van der Waals surface area contributed by atoms with Crippen molar-refractivity contribution in [3.63, 3.8) is 0 Å². The van der Waals surface area contributed by atoms with Crippen molar-refractivity contribution < 1.29 is 34.2 Å². The van der Waals surface area contributed by atoms with Crippen LogP contribution in [0.5, 0.6) is 0 Å². The largest absolute Gasteiger partial charge is 0.480 e. The van der Waals surface area contributed by atoms with Crippen LogP contribution in [0.1, 0.15) is 39.0 Å². The van der Waals surface area contributed by atoms with Gasteiger partial charge in [0.05, 0.1) is 5.92 Å². The molecule has 11 nitrogen and oxygen atoms in total. The number of hydrogen-bond acceptors (Lipinski definition) is 7. The Balaban J connectivity index is 1.94. The lowest BCUT2D eigenvalue weighted by Crippen LogP contribution is -2.57. The van der Waals surface area contributed by atoms with Crippen LogP contribution in [0.25, 0.3) is 0 Å². The number of aliphatic carboxylic acids is 2. The highest BCUT2D eigenvalue weighted by Crippen LogP contribution is 2.22. The molecule has 0 bridgehead atoms. The molecule has 2 heterocycles. The Morgan fingerprint density at radius 3 is 2.50 bits per heavy atom. The molecule has 3 atom stereocenters. The molecule has 1 unspecified atom stereocenters. The van der Waals surface area contributed by atoms with Gasteiger partial charge in [0.1, 0.15) is 6.04 Å². The third kappa shape index (κ3) is 7.54. The van der Waals surface area contributed by atoms with Crippen molar-refractivity contribution >= 4 is 23.8 Å². The molecule has 5 N–H and O–H groups in total. The summed E-state index contributed by atoms with van der Waals surface area (Å²) in [7, 11) is 0. The predicted octanol–water partition coefficient (Wildman–Crippen LogP) is -0.822. The van der Waals surface area contributed by atoms with E-state index in [-0.39, 0.29) is 12.5 Å². The molecule has 11 heteroatoms. The van der Waals surface area contributed by atoms with E-state index in [9.17, 15) is 19.2 Å². The van der Waals surface area contributed by atoms with Crippen LogP contribution in [0.3, 0.4) is 0 Å². The van der Waals surface area contributed by atoms with Crippen molar-refractivity contribution in [1.29, 1.82) is 0 Å². The first-order chi connectivity index (χ1) is 14.3. The Kier molecular flexibility index (Phi) is 9.47. The topological polar surface area (TPSA) is 157 Å². The minimum absolute atomic E-state index is 0.0254. The molecule has 0 spiro atoms. The molecule has 2 fully saturated rings. The third-order valence-corrected chi connectivity index (χ3v) is 5.69. The molecule has 30 heavy (non-hydrogen) atoms. The smallest absolute Gasteiger partial charge is 0.331 e. The molecule has 0 aliphatic carbocycles. The molecule has 0 aromatic carbocycles. The second kappa shape index (κ2) is 11.8. The third-order valence-electron chi connectivity index (χ3n) is 5.69. The average Bonchev–Trinajstić information content (AvgIpc) is 2.72. The zero-order chi connectivity index (χ0) is 22.1. The standard InChI is InChI=1S/C19H32N4O7/c1-12(19(28)29)21-18(27)14-10-23(9-6-15(14)22-30-11-17(25)26)16(24)3-2-13-4-7-20-8-5-13/h12-15,20,22H,2-11H2,1H3,(H,21,27)(H,25,26)(H,28,29)/t12-,14-,15?/m1/s1. The van der Waals surface area contributed by atoms with Crippen molar-refractivity contribution in [2.24, 2.45) is 11.8 Å². The molecule has 0 radical (unpaired) electrons. The maximum Gasteiger partial charge on any atom is 0.331 e. The quantitative estimate of drug-likeness (QED) is 0.280. The van der Waals surface area contributed by atoms with Gasteiger partial charge in [-0.3, -0.25) is 19.2 Å². The van der Waals surface area contributed by atoms with Crippen LogP contribution in [-0.2, 0) is 24.0 Å². The van der Waals surface area contributed by atoms with Crippen molar-refractivity contribution in [2.75, 3.05) is 32.8 Å². The van der Waals surface area contributed by atoms with E-state index in [4.69, 9.17) is 15.1 Å². The van der Waals surface area contributed by atoms with E-state index in [1.165, 1.54) is 6.92 Å². The number of carbonyl (C=O) groups is 4. The molecular formula is C19H32N4O7. The normalized spacial score (nSPS) is 23.6. The Morgan fingerprint density at radius 1 is 1.17 bits per heavy atom. The molecular weight excluding hydrogens is 396 g/mol. The lowest BCUT2D eigenvalue weighted by molar-refractivity contribution is -0.149. The van der Waals surface area contributed by atoms with Crippen molar-refractivity contribution in [2.45, 2.75) is 51.1 Å². The molecule has 2 aliphatic heterocycles. The number of nitrogens with one attached hydrogen (secondary N) is 3. The fraction of sp³-hybridized carbons (Fsp3) is 0.789. The maximum atomic E-state index is 12.7. The summed E-state index contributed by atoms with van der Waals surface area (Å²) in [6.07, 6.45) is 3.72. The van der Waals surface area contributed by atoms with Crippen LogP contribution in [0.2, 0.25) is 0 Å². The number of carbonyl (C=O) groups excluding carboxylic acids is 2. The summed E-state index contributed by atoms with van der Waals surface area (Å²) >= 11 is 0. The van der Waals surface area contributed by atoms with Gasteiger partial charge in [-0.2, -0.15) is 5.48 Å². The Labute approximate surface area is 175 Å². The molecule has 0 saturated carbocycles. The monoisotopic (exact) mass is 428 g/mol. The minimum atomic E-state index is -1.17. The molecule has 0 aromatic heterocycles. The van der Waals surface area contributed by atoms with Crippen molar-refractivity contribution in [3.8, 4) is 0 Å². The zero-order valence-corrected chi connectivity index (χ0v) is 17.3. The highest BCUT2D eigenvalue weighted by atomic mass is 16.7. The second-order valence-corrected chi connectivity index (χ2v) is 7.94. The summed E-state index contributed by atoms with van der Waals surface area (Å²) in [5, 5.41) is 23.5. The average molecular weight is 428 g/mol. The van der Waals surface area contributed by atoms with Crippen LogP contribution >= 0.6 is 0 Å². The molecule has 2 amide bonds. The molecule has 2 aliphatic rings. The van der Waals surface area contributed by atoms with Gasteiger partial charge in [0.15, 0.2) is 6.61 Å². The fourth-order valence-corrected chi connectivity index (χ4v) is 3.83. The van der Waals surface area contributed by atoms with E-state index >= 15 is 0 Å². The second-order valence-electron chi connectivity index (χ2n) is 7.94. The SMILES string of the molecule is C[C@@H](NC(=O)[C@@H]1CN(C(=O)CCC2CCNCC2)CCC1NOCC(=O)O)C(=O)O. The summed E-state index contributed by atoms with van der Waals surface area (Å²) in [6.45, 7) is 3.25. The van der Waals surface area contributed by atoms with Gasteiger partial charge >= 0.3 is 11.9 Å². The number of hydroxylamine groups is 1. The lowest BCUT2D eigenvalue weighted by atomic mass is 9.90. The highest BCUT2D eigenvalue weighted by Gasteiger charge is 2.37. The fourth-order valence-electron chi connectivity index (χ4n) is 3.83. The van der Waals surface area contributed by atoms with Crippen LogP contribution in [0.15, 0.2) is 0 Å². The first-order valence-corrected chi connectivity index (χ1v) is 10.4. The van der Waals surface area contributed by atoms with E-state index in [0.29, 0.717) is 25.3 Å². The van der Waals surface area contributed by atoms with E-state index in [0.717, 1.165) is 32.4 Å². The maximum absolute atomic E-state index is 12.7. The van der Waals surface area contributed by atoms with Gasteiger partial charge in [-0.15, -0.1) is 0 Å². The zero-order valence-electron chi connectivity index (χ0n) is 17.3. The molecule has 0 aromatic rings. The van der Waals surface area contributed by atoms with Crippen LogP contribution < -0.4 is 16.1 Å². The first kappa shape index (κ1) is 24.0. The first-order valence-electron chi connectivity index (χ1n) is 10.4. The number of carboxylic acid groups (broad SMARTS) is 2. The van der Waals surface area contributed by atoms with Crippen LogP contribution in [-0.4, -0.2) is 83.7 Å². The molecule has 2 rings (SSSR count). The van der Waals surface area contributed by atoms with Gasteiger partial charge in [-0.05, 0) is 51.6 Å². The number of nitrogens with zero attached hydrogens (tertiary/aromatic N) is 1. The highest BCUT2D eigenvalue weighted by molar-refractivity contribution is 5.86. The summed E-state index contributed by atoms with van der Waals surface area (Å²) < 4.78 is 0. The number of likely N-dealkylation sites (tertiary alicyclic amines) is 1. The van der Waals surface area contributed by atoms with Gasteiger partial charge in [0, 0.05) is 25.6 Å². The minimum Gasteiger partial charge on any atom is -0.480 e. The van der Waals surface area contributed by atoms with Crippen LogP contribution in [0, 0.1) is 11.8 Å². The van der Waals surface area contributed by atoms with Crippen molar-refractivity contribution in [3.05, 3.63) is 0 Å². The predicted molar refractivity (Wildman–Crippen MR) is 105 cm³/mol. The summed E-state index contributed by atoms with van der Waals surface area (Å²) in [4.78, 5) is 53.7. The number of piperidine rings is 2. The number of amides is 2. The van der Waals surface area contributed by atoms with Gasteiger partial charge < -0.3 is 25.7 Å². The Hall–Kier alpha value is -2.24. The van der Waals surface area contributed by atoms with Crippen molar-refractivity contribution in [1.82, 2.24) is 21.0 Å². The molecule has 2 saturated heterocycles. The molecule has 170 valence electrons. The van der Waals surface area contributed by atoms with Gasteiger partial charge in [-0.25, -0.2) is 4.79 Å². The van der Waals surface area contributed by atoms with E-state index in [2.05, 4.69) is 16.1 Å². The number of rotatable bonds is 10. The summed E-state index contributed by atoms with van der Waals surface area (Å²) in [5.41, 5.74) is 2.60. The van der Waals surface area contributed by atoms with Gasteiger partial charge in [0.2, 0.25) is 11.8 Å². The van der Waals surface area contributed by atoms with Crippen LogP contribution in [0.4, 0.5) is 0 Å². The summed E-state index contributed by atoms with van der Waals surface area (Å²) in [6, 6.07) is -1.61. The Morgan fingerprint density at radius 2 is 1.87 bits per heavy atom. The van der Waals surface area contributed by atoms with E-state index in [1.54, 1.807) is 4.90 Å².